The van der Waals surface area contributed by atoms with Crippen LogP contribution >= 0.6 is 0 Å². The standard InChI is InChI=1S/C11H21N5O2/c1-9-13-14-15-16(9)6-5-10(17)12-7-11(2,3)8-18-4/h5-8H2,1-4H3,(H,12,17). The molecule has 0 saturated heterocycles. The van der Waals surface area contributed by atoms with E-state index in [1.54, 1.807) is 18.7 Å². The van der Waals surface area contributed by atoms with E-state index in [2.05, 4.69) is 20.8 Å². The fraction of sp³-hybridized carbons (Fsp3) is 0.818. The van der Waals surface area contributed by atoms with Crippen molar-refractivity contribution in [1.29, 1.82) is 0 Å². The first-order valence-corrected chi connectivity index (χ1v) is 5.93. The first-order valence-electron chi connectivity index (χ1n) is 5.93. The lowest BCUT2D eigenvalue weighted by atomic mass is 9.95. The quantitative estimate of drug-likeness (QED) is 0.750. The van der Waals surface area contributed by atoms with Crippen molar-refractivity contribution in [2.45, 2.75) is 33.7 Å². The fourth-order valence-corrected chi connectivity index (χ4v) is 1.53. The van der Waals surface area contributed by atoms with Crippen molar-refractivity contribution in [3.63, 3.8) is 0 Å². The Labute approximate surface area is 107 Å². The molecule has 0 aliphatic rings. The Morgan fingerprint density at radius 3 is 2.78 bits per heavy atom. The Morgan fingerprint density at radius 1 is 1.50 bits per heavy atom. The van der Waals surface area contributed by atoms with Crippen LogP contribution in [0.3, 0.4) is 0 Å². The van der Waals surface area contributed by atoms with Gasteiger partial charge in [0, 0.05) is 25.5 Å². The molecule has 0 bridgehead atoms. The molecule has 0 aliphatic heterocycles. The maximum absolute atomic E-state index is 11.7. The van der Waals surface area contributed by atoms with E-state index in [1.165, 1.54) is 0 Å². The topological polar surface area (TPSA) is 81.9 Å². The number of rotatable bonds is 7. The SMILES string of the molecule is COCC(C)(C)CNC(=O)CCn1nnnc1C. The number of tetrazole rings is 1. The average Bonchev–Trinajstić information content (AvgIpc) is 2.70. The number of aromatic nitrogens is 4. The zero-order chi connectivity index (χ0) is 13.6. The summed E-state index contributed by atoms with van der Waals surface area (Å²) < 4.78 is 6.70. The lowest BCUT2D eigenvalue weighted by Gasteiger charge is -2.23. The summed E-state index contributed by atoms with van der Waals surface area (Å²) in [6.07, 6.45) is 0.370. The van der Waals surface area contributed by atoms with Crippen LogP contribution in [0.25, 0.3) is 0 Å². The van der Waals surface area contributed by atoms with Crippen molar-refractivity contribution >= 4 is 5.91 Å². The molecule has 0 unspecified atom stereocenters. The minimum Gasteiger partial charge on any atom is -0.384 e. The molecule has 1 heterocycles. The van der Waals surface area contributed by atoms with E-state index in [0.717, 1.165) is 0 Å². The lowest BCUT2D eigenvalue weighted by Crippen LogP contribution is -2.36. The van der Waals surface area contributed by atoms with Crippen LogP contribution in [-0.4, -0.2) is 46.4 Å². The van der Waals surface area contributed by atoms with Crippen LogP contribution in [-0.2, 0) is 16.1 Å². The molecule has 0 aliphatic carbocycles. The van der Waals surface area contributed by atoms with Gasteiger partial charge < -0.3 is 10.1 Å². The first-order chi connectivity index (χ1) is 8.44. The van der Waals surface area contributed by atoms with E-state index in [-0.39, 0.29) is 11.3 Å². The van der Waals surface area contributed by atoms with Crippen molar-refractivity contribution in [3.8, 4) is 0 Å². The highest BCUT2D eigenvalue weighted by atomic mass is 16.5. The summed E-state index contributed by atoms with van der Waals surface area (Å²) in [6, 6.07) is 0. The Balaban J connectivity index is 2.28. The summed E-state index contributed by atoms with van der Waals surface area (Å²) in [7, 11) is 1.66. The Hall–Kier alpha value is -1.50. The fourth-order valence-electron chi connectivity index (χ4n) is 1.53. The van der Waals surface area contributed by atoms with Gasteiger partial charge in [0.15, 0.2) is 0 Å². The van der Waals surface area contributed by atoms with Gasteiger partial charge in [-0.25, -0.2) is 4.68 Å². The predicted octanol–water partition coefficient (Wildman–Crippen LogP) is 0.160. The number of amides is 1. The molecule has 1 aromatic rings. The van der Waals surface area contributed by atoms with Gasteiger partial charge in [-0.3, -0.25) is 4.79 Å². The number of carbonyl (C=O) groups excluding carboxylic acids is 1. The van der Waals surface area contributed by atoms with Crippen molar-refractivity contribution in [1.82, 2.24) is 25.5 Å². The van der Waals surface area contributed by atoms with Crippen LogP contribution < -0.4 is 5.32 Å². The van der Waals surface area contributed by atoms with Gasteiger partial charge in [-0.05, 0) is 17.4 Å². The third kappa shape index (κ3) is 4.79. The van der Waals surface area contributed by atoms with Gasteiger partial charge in [-0.2, -0.15) is 0 Å². The van der Waals surface area contributed by atoms with Gasteiger partial charge in [-0.15, -0.1) is 5.10 Å². The molecule has 0 spiro atoms. The zero-order valence-electron chi connectivity index (χ0n) is 11.4. The number of carbonyl (C=O) groups is 1. The molecule has 0 fully saturated rings. The highest BCUT2D eigenvalue weighted by molar-refractivity contribution is 5.75. The number of ether oxygens (including phenoxy) is 1. The van der Waals surface area contributed by atoms with Crippen LogP contribution in [0.4, 0.5) is 0 Å². The number of hydrogen-bond acceptors (Lipinski definition) is 5. The van der Waals surface area contributed by atoms with Crippen molar-refractivity contribution in [2.24, 2.45) is 5.41 Å². The van der Waals surface area contributed by atoms with Crippen LogP contribution in [0, 0.1) is 12.3 Å². The van der Waals surface area contributed by atoms with Crippen LogP contribution in [0.15, 0.2) is 0 Å². The number of hydrogen-bond donors (Lipinski definition) is 1. The maximum atomic E-state index is 11.7. The van der Waals surface area contributed by atoms with Crippen molar-refractivity contribution in [2.75, 3.05) is 20.3 Å². The monoisotopic (exact) mass is 255 g/mol. The lowest BCUT2D eigenvalue weighted by molar-refractivity contribution is -0.122. The Morgan fingerprint density at radius 2 is 2.22 bits per heavy atom. The summed E-state index contributed by atoms with van der Waals surface area (Å²) in [5.74, 6) is 0.705. The third-order valence-electron chi connectivity index (χ3n) is 2.56. The molecule has 18 heavy (non-hydrogen) atoms. The number of aryl methyl sites for hydroxylation is 2. The molecule has 1 N–H and O–H groups in total. The van der Waals surface area contributed by atoms with Gasteiger partial charge in [0.1, 0.15) is 5.82 Å². The van der Waals surface area contributed by atoms with Gasteiger partial charge >= 0.3 is 0 Å². The molecule has 7 nitrogen and oxygen atoms in total. The maximum Gasteiger partial charge on any atom is 0.221 e. The smallest absolute Gasteiger partial charge is 0.221 e. The highest BCUT2D eigenvalue weighted by Gasteiger charge is 2.18. The van der Waals surface area contributed by atoms with Crippen molar-refractivity contribution < 1.29 is 9.53 Å². The largest absolute Gasteiger partial charge is 0.384 e. The molecule has 7 heteroatoms. The van der Waals surface area contributed by atoms with Crippen LogP contribution in [0.1, 0.15) is 26.1 Å². The third-order valence-corrected chi connectivity index (χ3v) is 2.56. The van der Waals surface area contributed by atoms with E-state index in [1.807, 2.05) is 13.8 Å². The normalized spacial score (nSPS) is 11.6. The van der Waals surface area contributed by atoms with Crippen molar-refractivity contribution in [3.05, 3.63) is 5.82 Å². The molecule has 102 valence electrons. The molecule has 0 aromatic carbocycles. The van der Waals surface area contributed by atoms with Gasteiger partial charge in [-0.1, -0.05) is 13.8 Å². The zero-order valence-corrected chi connectivity index (χ0v) is 11.4. The predicted molar refractivity (Wildman–Crippen MR) is 65.8 cm³/mol. The number of nitrogens with zero attached hydrogens (tertiary/aromatic N) is 4. The molecular weight excluding hydrogens is 234 g/mol. The summed E-state index contributed by atoms with van der Waals surface area (Å²) in [6.45, 7) is 7.59. The Bertz CT molecular complexity index is 389. The molecule has 0 saturated carbocycles. The Kier molecular flexibility index (Phi) is 5.21. The van der Waals surface area contributed by atoms with Gasteiger partial charge in [0.25, 0.3) is 0 Å². The van der Waals surface area contributed by atoms with Crippen LogP contribution in [0.5, 0.6) is 0 Å². The molecule has 1 aromatic heterocycles. The second-order valence-electron chi connectivity index (χ2n) is 5.07. The van der Waals surface area contributed by atoms with E-state index in [0.29, 0.717) is 31.9 Å². The molecule has 0 atom stereocenters. The molecule has 0 radical (unpaired) electrons. The van der Waals surface area contributed by atoms with E-state index in [9.17, 15) is 4.79 Å². The minimum absolute atomic E-state index is 0.00548. The summed E-state index contributed by atoms with van der Waals surface area (Å²) in [4.78, 5) is 11.7. The number of nitrogens with one attached hydrogen (secondary N) is 1. The molecule has 1 rings (SSSR count). The minimum atomic E-state index is -0.0604. The second kappa shape index (κ2) is 6.44. The van der Waals surface area contributed by atoms with Gasteiger partial charge in [0.05, 0.1) is 13.2 Å². The summed E-state index contributed by atoms with van der Waals surface area (Å²) in [5, 5.41) is 14.0. The second-order valence-corrected chi connectivity index (χ2v) is 5.07. The van der Waals surface area contributed by atoms with Crippen LogP contribution in [0.2, 0.25) is 0 Å². The average molecular weight is 255 g/mol. The van der Waals surface area contributed by atoms with E-state index >= 15 is 0 Å². The van der Waals surface area contributed by atoms with E-state index in [4.69, 9.17) is 4.74 Å². The first kappa shape index (κ1) is 14.6. The molecular formula is C11H21N5O2. The number of methoxy groups -OCH3 is 1. The van der Waals surface area contributed by atoms with Gasteiger partial charge in [0.2, 0.25) is 5.91 Å². The molecule has 1 amide bonds. The van der Waals surface area contributed by atoms with E-state index < -0.39 is 0 Å². The summed E-state index contributed by atoms with van der Waals surface area (Å²) in [5.41, 5.74) is -0.0604. The summed E-state index contributed by atoms with van der Waals surface area (Å²) >= 11 is 0. The highest BCUT2D eigenvalue weighted by Crippen LogP contribution is 2.13.